The molecule has 4 aromatic rings. The average molecular weight is 496 g/mol. The van der Waals surface area contributed by atoms with Gasteiger partial charge in [-0.1, -0.05) is 60.1 Å². The van der Waals surface area contributed by atoms with Crippen LogP contribution in [0, 0.1) is 0 Å². The molecule has 1 unspecified atom stereocenters. The van der Waals surface area contributed by atoms with Crippen LogP contribution in [0.2, 0.25) is 5.02 Å². The van der Waals surface area contributed by atoms with E-state index in [-0.39, 0.29) is 24.3 Å². The normalized spacial score (nSPS) is 11.7. The van der Waals surface area contributed by atoms with Gasteiger partial charge >= 0.3 is 0 Å². The number of carbonyl (C=O) groups excluding carboxylic acids is 2. The molecular formula is C25H22ClN3O2S2. The molecule has 0 radical (unpaired) electrons. The number of rotatable bonds is 9. The van der Waals surface area contributed by atoms with Gasteiger partial charge in [0.25, 0.3) is 0 Å². The van der Waals surface area contributed by atoms with Crippen LogP contribution in [0.1, 0.15) is 27.7 Å². The number of nitrogens with zero attached hydrogens (tertiary/aromatic N) is 1. The highest BCUT2D eigenvalue weighted by Crippen LogP contribution is 2.21. The summed E-state index contributed by atoms with van der Waals surface area (Å²) < 4.78 is 0. The van der Waals surface area contributed by atoms with Crippen LogP contribution in [0.4, 0.5) is 5.13 Å². The van der Waals surface area contributed by atoms with Crippen LogP contribution in [0.3, 0.4) is 0 Å². The summed E-state index contributed by atoms with van der Waals surface area (Å²) in [6.45, 7) is 0. The standard InChI is InChI=1S/C25H22ClN3O2S2/c26-19-10-8-17(9-11-19)13-22(18-5-2-1-3-6-18)28-23(30)14-20-16-33-25(27-20)29-24(31)15-21-7-4-12-32-21/h1-12,16,22H,13-15H2,(H,28,30)(H,27,29,31). The topological polar surface area (TPSA) is 71.1 Å². The Morgan fingerprint density at radius 2 is 1.70 bits per heavy atom. The van der Waals surface area contributed by atoms with Crippen molar-refractivity contribution >= 4 is 51.2 Å². The SMILES string of the molecule is O=C(Cc1cccs1)Nc1nc(CC(=O)NC(Cc2ccc(Cl)cc2)c2ccccc2)cs1. The van der Waals surface area contributed by atoms with Crippen LogP contribution in [0.15, 0.2) is 77.5 Å². The third kappa shape index (κ3) is 6.99. The largest absolute Gasteiger partial charge is 0.349 e. The summed E-state index contributed by atoms with van der Waals surface area (Å²) in [7, 11) is 0. The van der Waals surface area contributed by atoms with E-state index in [0.717, 1.165) is 16.0 Å². The summed E-state index contributed by atoms with van der Waals surface area (Å²) in [5.41, 5.74) is 2.74. The minimum absolute atomic E-state index is 0.116. The number of hydrogen-bond donors (Lipinski definition) is 2. The number of halogens is 1. The molecule has 8 heteroatoms. The van der Waals surface area contributed by atoms with Gasteiger partial charge in [-0.05, 0) is 41.1 Å². The monoisotopic (exact) mass is 495 g/mol. The number of nitrogens with one attached hydrogen (secondary N) is 2. The smallest absolute Gasteiger partial charge is 0.231 e. The van der Waals surface area contributed by atoms with Gasteiger partial charge in [-0.25, -0.2) is 4.98 Å². The molecule has 2 heterocycles. The van der Waals surface area contributed by atoms with Crippen molar-refractivity contribution in [1.82, 2.24) is 10.3 Å². The Morgan fingerprint density at radius 1 is 0.909 bits per heavy atom. The first-order valence-corrected chi connectivity index (χ1v) is 12.5. The predicted molar refractivity (Wildman–Crippen MR) is 135 cm³/mol. The molecule has 0 saturated heterocycles. The van der Waals surface area contributed by atoms with Gasteiger partial charge in [-0.2, -0.15) is 0 Å². The van der Waals surface area contributed by atoms with Crippen molar-refractivity contribution in [2.45, 2.75) is 25.3 Å². The van der Waals surface area contributed by atoms with Crippen molar-refractivity contribution < 1.29 is 9.59 Å². The van der Waals surface area contributed by atoms with E-state index in [1.807, 2.05) is 72.1 Å². The molecule has 0 aliphatic heterocycles. The summed E-state index contributed by atoms with van der Waals surface area (Å²) in [5.74, 6) is -0.241. The Hall–Kier alpha value is -3.00. The fraction of sp³-hybridized carbons (Fsp3) is 0.160. The fourth-order valence-electron chi connectivity index (χ4n) is 3.38. The minimum Gasteiger partial charge on any atom is -0.349 e. The third-order valence-electron chi connectivity index (χ3n) is 4.94. The van der Waals surface area contributed by atoms with Crippen molar-refractivity contribution in [3.63, 3.8) is 0 Å². The number of benzene rings is 2. The first kappa shape index (κ1) is 23.2. The highest BCUT2D eigenvalue weighted by atomic mass is 35.5. The third-order valence-corrected chi connectivity index (χ3v) is 6.88. The molecule has 0 bridgehead atoms. The summed E-state index contributed by atoms with van der Waals surface area (Å²) in [5, 5.41) is 10.9. The number of anilines is 1. The second-order valence-corrected chi connectivity index (χ2v) is 9.81. The second-order valence-electron chi connectivity index (χ2n) is 7.49. The summed E-state index contributed by atoms with van der Waals surface area (Å²) >= 11 is 8.87. The zero-order chi connectivity index (χ0) is 23.0. The average Bonchev–Trinajstić information content (AvgIpc) is 3.47. The molecule has 0 spiro atoms. The molecule has 0 fully saturated rings. The van der Waals surface area contributed by atoms with Crippen LogP contribution in [0.5, 0.6) is 0 Å². The van der Waals surface area contributed by atoms with Crippen molar-refractivity contribution in [3.05, 3.63) is 104 Å². The highest BCUT2D eigenvalue weighted by Gasteiger charge is 2.17. The highest BCUT2D eigenvalue weighted by molar-refractivity contribution is 7.14. The van der Waals surface area contributed by atoms with Crippen molar-refractivity contribution in [1.29, 1.82) is 0 Å². The lowest BCUT2D eigenvalue weighted by Gasteiger charge is -2.19. The number of amides is 2. The lowest BCUT2D eigenvalue weighted by atomic mass is 9.98. The second kappa shape index (κ2) is 11.2. The van der Waals surface area contributed by atoms with Crippen molar-refractivity contribution in [2.75, 3.05) is 5.32 Å². The number of thiophene rings is 1. The van der Waals surface area contributed by atoms with E-state index >= 15 is 0 Å². The Morgan fingerprint density at radius 3 is 2.42 bits per heavy atom. The zero-order valence-electron chi connectivity index (χ0n) is 17.7. The van der Waals surface area contributed by atoms with Crippen LogP contribution in [0.25, 0.3) is 0 Å². The molecule has 2 N–H and O–H groups in total. The zero-order valence-corrected chi connectivity index (χ0v) is 20.1. The first-order chi connectivity index (χ1) is 16.0. The van der Waals surface area contributed by atoms with E-state index in [9.17, 15) is 9.59 Å². The van der Waals surface area contributed by atoms with Crippen LogP contribution in [-0.4, -0.2) is 16.8 Å². The number of thiazole rings is 1. The molecule has 0 aliphatic carbocycles. The molecule has 2 amide bonds. The molecule has 5 nitrogen and oxygen atoms in total. The molecule has 1 atom stereocenters. The van der Waals surface area contributed by atoms with Crippen LogP contribution >= 0.6 is 34.3 Å². The lowest BCUT2D eigenvalue weighted by molar-refractivity contribution is -0.121. The molecular weight excluding hydrogens is 474 g/mol. The van der Waals surface area contributed by atoms with Gasteiger partial charge in [-0.3, -0.25) is 9.59 Å². The molecule has 2 aromatic carbocycles. The molecule has 0 saturated carbocycles. The maximum Gasteiger partial charge on any atom is 0.231 e. The Kier molecular flexibility index (Phi) is 7.88. The van der Waals surface area contributed by atoms with E-state index < -0.39 is 0 Å². The van der Waals surface area contributed by atoms with Crippen LogP contribution in [-0.2, 0) is 28.9 Å². The van der Waals surface area contributed by atoms with E-state index in [1.165, 1.54) is 11.3 Å². The lowest BCUT2D eigenvalue weighted by Crippen LogP contribution is -2.31. The quantitative estimate of drug-likeness (QED) is 0.313. The first-order valence-electron chi connectivity index (χ1n) is 10.4. The van der Waals surface area contributed by atoms with Gasteiger partial charge < -0.3 is 10.6 Å². The predicted octanol–water partition coefficient (Wildman–Crippen LogP) is 5.68. The van der Waals surface area contributed by atoms with E-state index in [1.54, 1.807) is 16.7 Å². The van der Waals surface area contributed by atoms with Crippen LogP contribution < -0.4 is 10.6 Å². The van der Waals surface area contributed by atoms with Crippen molar-refractivity contribution in [2.24, 2.45) is 0 Å². The molecule has 2 aromatic heterocycles. The van der Waals surface area contributed by atoms with Gasteiger partial charge in [-0.15, -0.1) is 22.7 Å². The van der Waals surface area contributed by atoms with Gasteiger partial charge in [0, 0.05) is 15.3 Å². The number of aromatic nitrogens is 1. The van der Waals surface area contributed by atoms with E-state index in [0.29, 0.717) is 28.7 Å². The Labute approximate surface area is 205 Å². The van der Waals surface area contributed by atoms with Gasteiger partial charge in [0.1, 0.15) is 0 Å². The van der Waals surface area contributed by atoms with E-state index in [4.69, 9.17) is 11.6 Å². The molecule has 4 rings (SSSR count). The Bertz CT molecular complexity index is 1190. The number of carbonyl (C=O) groups is 2. The van der Waals surface area contributed by atoms with Crippen molar-refractivity contribution in [3.8, 4) is 0 Å². The minimum atomic E-state index is -0.177. The fourth-order valence-corrected chi connectivity index (χ4v) is 4.94. The van der Waals surface area contributed by atoms with Gasteiger partial charge in [0.15, 0.2) is 5.13 Å². The maximum absolute atomic E-state index is 12.8. The molecule has 33 heavy (non-hydrogen) atoms. The van der Waals surface area contributed by atoms with Gasteiger partial charge in [0.05, 0.1) is 24.6 Å². The Balaban J connectivity index is 1.37. The summed E-state index contributed by atoms with van der Waals surface area (Å²) in [4.78, 5) is 30.4. The maximum atomic E-state index is 12.8. The molecule has 0 aliphatic rings. The van der Waals surface area contributed by atoms with Gasteiger partial charge in [0.2, 0.25) is 11.8 Å². The summed E-state index contributed by atoms with van der Waals surface area (Å²) in [6, 6.07) is 21.2. The number of hydrogen-bond acceptors (Lipinski definition) is 5. The summed E-state index contributed by atoms with van der Waals surface area (Å²) in [6.07, 6.45) is 1.10. The van der Waals surface area contributed by atoms with E-state index in [2.05, 4.69) is 15.6 Å². The molecule has 168 valence electrons.